The lowest BCUT2D eigenvalue weighted by molar-refractivity contribution is 0.183. The van der Waals surface area contributed by atoms with Gasteiger partial charge < -0.3 is 15.7 Å². The Balaban J connectivity index is 1.52. The number of rotatable bonds is 7. The highest BCUT2D eigenvalue weighted by Gasteiger charge is 2.24. The Morgan fingerprint density at radius 3 is 2.56 bits per heavy atom. The Labute approximate surface area is 166 Å². The number of aliphatic hydroxyl groups is 1. The highest BCUT2D eigenvalue weighted by Crippen LogP contribution is 2.29. The Bertz CT molecular complexity index is 718. The minimum atomic E-state index is -0.541. The number of nitrogens with one attached hydrogen (secondary N) is 2. The molecule has 6 heteroatoms. The van der Waals surface area contributed by atoms with Gasteiger partial charge in [-0.2, -0.15) is 0 Å². The third-order valence-corrected chi connectivity index (χ3v) is 6.53. The highest BCUT2D eigenvalue weighted by atomic mass is 32.1. The van der Waals surface area contributed by atoms with E-state index in [1.165, 1.54) is 36.0 Å². The van der Waals surface area contributed by atoms with Gasteiger partial charge in [-0.25, -0.2) is 0 Å². The molecule has 1 aliphatic rings. The maximum absolute atomic E-state index is 10.6. The molecular formula is C21H32N4OS. The van der Waals surface area contributed by atoms with Crippen LogP contribution < -0.4 is 10.6 Å². The fourth-order valence-electron chi connectivity index (χ4n) is 3.74. The van der Waals surface area contributed by atoms with Gasteiger partial charge in [0.15, 0.2) is 5.96 Å². The molecule has 1 fully saturated rings. The van der Waals surface area contributed by atoms with E-state index in [-0.39, 0.29) is 0 Å². The topological polar surface area (TPSA) is 59.9 Å². The Kier molecular flexibility index (Phi) is 7.10. The third-order valence-electron chi connectivity index (χ3n) is 5.32. The van der Waals surface area contributed by atoms with E-state index in [0.717, 1.165) is 17.4 Å². The molecule has 3 rings (SSSR count). The molecule has 2 heterocycles. The zero-order valence-electron chi connectivity index (χ0n) is 16.6. The molecule has 2 atom stereocenters. The van der Waals surface area contributed by atoms with E-state index in [1.807, 2.05) is 12.1 Å². The maximum Gasteiger partial charge on any atom is 0.191 e. The average Bonchev–Trinajstić information content (AvgIpc) is 3.33. The van der Waals surface area contributed by atoms with Crippen LogP contribution in [0.2, 0.25) is 0 Å². The van der Waals surface area contributed by atoms with Crippen LogP contribution in [0.15, 0.2) is 35.3 Å². The van der Waals surface area contributed by atoms with Crippen molar-refractivity contribution in [1.82, 2.24) is 15.5 Å². The second-order valence-corrected chi connectivity index (χ2v) is 8.71. The van der Waals surface area contributed by atoms with Crippen LogP contribution in [-0.4, -0.2) is 55.2 Å². The Morgan fingerprint density at radius 1 is 1.19 bits per heavy atom. The fourth-order valence-corrected chi connectivity index (χ4v) is 4.79. The van der Waals surface area contributed by atoms with Crippen LogP contribution in [0.3, 0.4) is 0 Å². The first kappa shape index (κ1) is 20.1. The lowest BCUT2D eigenvalue weighted by Gasteiger charge is -2.31. The average molecular weight is 389 g/mol. The van der Waals surface area contributed by atoms with Gasteiger partial charge >= 0.3 is 0 Å². The summed E-state index contributed by atoms with van der Waals surface area (Å²) in [6.45, 7) is 8.28. The molecule has 0 amide bonds. The van der Waals surface area contributed by atoms with Gasteiger partial charge in [0.2, 0.25) is 0 Å². The van der Waals surface area contributed by atoms with Crippen LogP contribution in [-0.2, 0) is 0 Å². The van der Waals surface area contributed by atoms with Crippen LogP contribution in [0.1, 0.15) is 37.7 Å². The highest BCUT2D eigenvalue weighted by molar-refractivity contribution is 7.19. The van der Waals surface area contributed by atoms with Crippen LogP contribution in [0, 0.1) is 5.92 Å². The molecule has 1 aromatic heterocycles. The second kappa shape index (κ2) is 9.53. The van der Waals surface area contributed by atoms with Gasteiger partial charge in [0.1, 0.15) is 6.10 Å². The van der Waals surface area contributed by atoms with Crippen molar-refractivity contribution < 1.29 is 5.11 Å². The molecule has 2 aromatic rings. The summed E-state index contributed by atoms with van der Waals surface area (Å²) in [5.41, 5.74) is 0. The van der Waals surface area contributed by atoms with E-state index >= 15 is 0 Å². The van der Waals surface area contributed by atoms with E-state index in [1.54, 1.807) is 18.4 Å². The number of fused-ring (bicyclic) bond motifs is 1. The van der Waals surface area contributed by atoms with Gasteiger partial charge in [0, 0.05) is 35.8 Å². The molecule has 0 radical (unpaired) electrons. The molecular weight excluding hydrogens is 356 g/mol. The molecule has 1 aliphatic heterocycles. The van der Waals surface area contributed by atoms with Crippen molar-refractivity contribution in [2.75, 3.05) is 33.2 Å². The first-order valence-electron chi connectivity index (χ1n) is 9.93. The summed E-state index contributed by atoms with van der Waals surface area (Å²) in [5.74, 6) is 1.35. The zero-order chi connectivity index (χ0) is 19.2. The summed E-state index contributed by atoms with van der Waals surface area (Å²) < 4.78 is 1.21. The van der Waals surface area contributed by atoms with Crippen molar-refractivity contribution in [2.24, 2.45) is 10.9 Å². The number of thiophene rings is 1. The smallest absolute Gasteiger partial charge is 0.191 e. The van der Waals surface area contributed by atoms with Crippen molar-refractivity contribution in [3.8, 4) is 0 Å². The van der Waals surface area contributed by atoms with Crippen LogP contribution >= 0.6 is 11.3 Å². The molecule has 0 saturated carbocycles. The van der Waals surface area contributed by atoms with Gasteiger partial charge in [0.25, 0.3) is 0 Å². The van der Waals surface area contributed by atoms with E-state index in [4.69, 9.17) is 0 Å². The van der Waals surface area contributed by atoms with Gasteiger partial charge in [-0.3, -0.25) is 9.89 Å². The number of hydrogen-bond acceptors (Lipinski definition) is 4. The lowest BCUT2D eigenvalue weighted by Crippen LogP contribution is -2.49. The molecule has 148 valence electrons. The molecule has 5 nitrogen and oxygen atoms in total. The molecule has 0 spiro atoms. The molecule has 0 bridgehead atoms. The predicted octanol–water partition coefficient (Wildman–Crippen LogP) is 3.22. The number of aliphatic imine (C=N–C) groups is 1. The summed E-state index contributed by atoms with van der Waals surface area (Å²) >= 11 is 1.65. The number of aliphatic hydroxyl groups excluding tert-OH is 1. The van der Waals surface area contributed by atoms with Crippen molar-refractivity contribution in [1.29, 1.82) is 0 Å². The molecule has 3 N–H and O–H groups in total. The monoisotopic (exact) mass is 388 g/mol. The van der Waals surface area contributed by atoms with Crippen LogP contribution in [0.4, 0.5) is 0 Å². The number of hydrogen-bond donors (Lipinski definition) is 3. The zero-order valence-corrected chi connectivity index (χ0v) is 17.4. The van der Waals surface area contributed by atoms with Crippen molar-refractivity contribution in [2.45, 2.75) is 38.8 Å². The summed E-state index contributed by atoms with van der Waals surface area (Å²) in [4.78, 5) is 7.89. The van der Waals surface area contributed by atoms with Gasteiger partial charge in [-0.1, -0.05) is 32.0 Å². The lowest BCUT2D eigenvalue weighted by atomic mass is 10.0. The van der Waals surface area contributed by atoms with Crippen molar-refractivity contribution in [3.63, 3.8) is 0 Å². The standard InChI is InChI=1S/C21H32N4OS/c1-15(2)17(25-10-6-7-11-25)13-23-21(22-3)24-14-18(26)20-12-16-8-4-5-9-19(16)27-20/h4-5,8-9,12,15,17-18,26H,6-7,10-11,13-14H2,1-3H3,(H2,22,23,24). The fraction of sp³-hybridized carbons (Fsp3) is 0.571. The normalized spacial score (nSPS) is 18.2. The van der Waals surface area contributed by atoms with E-state index in [9.17, 15) is 5.11 Å². The summed E-state index contributed by atoms with van der Waals surface area (Å²) in [6.07, 6.45) is 2.06. The molecule has 0 aliphatic carbocycles. The van der Waals surface area contributed by atoms with Crippen molar-refractivity contribution in [3.05, 3.63) is 35.2 Å². The van der Waals surface area contributed by atoms with Gasteiger partial charge in [-0.15, -0.1) is 11.3 Å². The Morgan fingerprint density at radius 2 is 1.89 bits per heavy atom. The number of likely N-dealkylation sites (tertiary alicyclic amines) is 1. The van der Waals surface area contributed by atoms with Gasteiger partial charge in [-0.05, 0) is 49.4 Å². The molecule has 2 unspecified atom stereocenters. The minimum absolute atomic E-state index is 0.447. The first-order valence-corrected chi connectivity index (χ1v) is 10.7. The summed E-state index contributed by atoms with van der Waals surface area (Å²) in [6, 6.07) is 10.8. The molecule has 1 saturated heterocycles. The first-order chi connectivity index (χ1) is 13.1. The maximum atomic E-state index is 10.6. The van der Waals surface area contributed by atoms with Crippen LogP contribution in [0.5, 0.6) is 0 Å². The Hall–Kier alpha value is -1.63. The largest absolute Gasteiger partial charge is 0.386 e. The number of guanidine groups is 1. The molecule has 1 aromatic carbocycles. The second-order valence-electron chi connectivity index (χ2n) is 7.59. The van der Waals surface area contributed by atoms with Crippen LogP contribution in [0.25, 0.3) is 10.1 Å². The number of benzene rings is 1. The van der Waals surface area contributed by atoms with E-state index < -0.39 is 6.10 Å². The summed E-state index contributed by atoms with van der Waals surface area (Å²) in [5, 5.41) is 18.5. The van der Waals surface area contributed by atoms with Gasteiger partial charge in [0.05, 0.1) is 0 Å². The summed E-state index contributed by atoms with van der Waals surface area (Å²) in [7, 11) is 1.78. The quantitative estimate of drug-likeness (QED) is 0.503. The SMILES string of the molecule is CN=C(NCC(O)c1cc2ccccc2s1)NCC(C(C)C)N1CCCC1. The van der Waals surface area contributed by atoms with Crippen molar-refractivity contribution >= 4 is 27.4 Å². The van der Waals surface area contributed by atoms with E-state index in [2.05, 4.69) is 52.6 Å². The molecule has 27 heavy (non-hydrogen) atoms. The predicted molar refractivity (Wildman–Crippen MR) is 116 cm³/mol. The number of nitrogens with zero attached hydrogens (tertiary/aromatic N) is 2. The third kappa shape index (κ3) is 5.21. The van der Waals surface area contributed by atoms with E-state index in [0.29, 0.717) is 18.5 Å². The minimum Gasteiger partial charge on any atom is -0.386 e.